The van der Waals surface area contributed by atoms with Gasteiger partial charge in [0.15, 0.2) is 0 Å². The minimum atomic E-state index is -1.61. The summed E-state index contributed by atoms with van der Waals surface area (Å²) in [5, 5.41) is 19.0. The highest BCUT2D eigenvalue weighted by Crippen LogP contribution is 2.37. The molecule has 1 aliphatic rings. The summed E-state index contributed by atoms with van der Waals surface area (Å²) in [5.41, 5.74) is 0. The van der Waals surface area contributed by atoms with Crippen molar-refractivity contribution in [2.75, 3.05) is 0 Å². The Kier molecular flexibility index (Phi) is 2.16. The molecule has 0 bridgehead atoms. The number of aliphatic hydroxyl groups excluding tert-OH is 1. The Hall–Kier alpha value is 0.137. The van der Waals surface area contributed by atoms with Gasteiger partial charge in [-0.1, -0.05) is 19.6 Å². The van der Waals surface area contributed by atoms with Crippen molar-refractivity contribution >= 4 is 8.07 Å². The van der Waals surface area contributed by atoms with E-state index >= 15 is 0 Å². The maximum absolute atomic E-state index is 10.1. The summed E-state index contributed by atoms with van der Waals surface area (Å²) in [5.74, 6) is 0. The zero-order valence-corrected chi connectivity index (χ0v) is 8.59. The topological polar surface area (TPSA) is 40.5 Å². The zero-order chi connectivity index (χ0) is 8.70. The van der Waals surface area contributed by atoms with Crippen molar-refractivity contribution in [1.82, 2.24) is 0 Å². The van der Waals surface area contributed by atoms with Gasteiger partial charge in [0, 0.05) is 0 Å². The van der Waals surface area contributed by atoms with Crippen LogP contribution < -0.4 is 0 Å². The molecule has 2 nitrogen and oxygen atoms in total. The van der Waals surface area contributed by atoms with E-state index in [0.29, 0.717) is 0 Å². The van der Waals surface area contributed by atoms with E-state index in [-0.39, 0.29) is 0 Å². The smallest absolute Gasteiger partial charge is 0.0854 e. The third kappa shape index (κ3) is 1.37. The Balaban J connectivity index is 2.81. The molecular formula is C8H18O2Si. The molecule has 0 aromatic carbocycles. The zero-order valence-electron chi connectivity index (χ0n) is 7.59. The predicted molar refractivity (Wildman–Crippen MR) is 48.2 cm³/mol. The molecule has 66 valence electrons. The molecule has 1 fully saturated rings. The van der Waals surface area contributed by atoms with E-state index < -0.39 is 19.4 Å². The van der Waals surface area contributed by atoms with Gasteiger partial charge in [0.25, 0.3) is 0 Å². The van der Waals surface area contributed by atoms with Crippen LogP contribution in [-0.4, -0.2) is 29.6 Å². The summed E-state index contributed by atoms with van der Waals surface area (Å²) < 4.78 is 0. The quantitative estimate of drug-likeness (QED) is 0.585. The SMILES string of the molecule is C[Si](C)(C)[C@]1(O)CCC[C@H]1O. The number of hydrogen-bond donors (Lipinski definition) is 2. The molecular weight excluding hydrogens is 156 g/mol. The molecule has 0 spiro atoms. The van der Waals surface area contributed by atoms with Crippen LogP contribution in [0.25, 0.3) is 0 Å². The molecule has 1 rings (SSSR count). The summed E-state index contributed by atoms with van der Waals surface area (Å²) in [7, 11) is -1.61. The highest BCUT2D eigenvalue weighted by Gasteiger charge is 2.49. The van der Waals surface area contributed by atoms with E-state index in [1.807, 2.05) is 0 Å². The minimum Gasteiger partial charge on any atom is -0.391 e. The lowest BCUT2D eigenvalue weighted by atomic mass is 10.2. The van der Waals surface area contributed by atoms with Crippen molar-refractivity contribution in [3.8, 4) is 0 Å². The van der Waals surface area contributed by atoms with E-state index in [9.17, 15) is 10.2 Å². The van der Waals surface area contributed by atoms with Gasteiger partial charge in [0.2, 0.25) is 0 Å². The molecule has 0 aliphatic heterocycles. The average Bonchev–Trinajstić information content (AvgIpc) is 2.12. The van der Waals surface area contributed by atoms with Crippen LogP contribution in [0, 0.1) is 0 Å². The molecule has 0 heterocycles. The summed E-state index contributed by atoms with van der Waals surface area (Å²) in [6.07, 6.45) is 2.08. The van der Waals surface area contributed by atoms with E-state index in [1.54, 1.807) is 0 Å². The van der Waals surface area contributed by atoms with Crippen molar-refractivity contribution < 1.29 is 10.2 Å². The minimum absolute atomic E-state index is 0.464. The lowest BCUT2D eigenvalue weighted by Gasteiger charge is -2.38. The normalized spacial score (nSPS) is 39.5. The van der Waals surface area contributed by atoms with Crippen molar-refractivity contribution in [1.29, 1.82) is 0 Å². The van der Waals surface area contributed by atoms with Crippen LogP contribution >= 0.6 is 0 Å². The van der Waals surface area contributed by atoms with Crippen molar-refractivity contribution in [2.24, 2.45) is 0 Å². The van der Waals surface area contributed by atoms with Gasteiger partial charge in [0.1, 0.15) is 0 Å². The van der Waals surface area contributed by atoms with E-state index in [2.05, 4.69) is 19.6 Å². The second-order valence-electron chi connectivity index (χ2n) is 4.58. The monoisotopic (exact) mass is 174 g/mol. The molecule has 0 amide bonds. The number of hydrogen-bond acceptors (Lipinski definition) is 2. The molecule has 0 aromatic heterocycles. The van der Waals surface area contributed by atoms with Crippen LogP contribution in [0.2, 0.25) is 19.6 Å². The van der Waals surface area contributed by atoms with Crippen LogP contribution in [-0.2, 0) is 0 Å². The lowest BCUT2D eigenvalue weighted by molar-refractivity contribution is 0.00198. The predicted octanol–water partition coefficient (Wildman–Crippen LogP) is 1.14. The van der Waals surface area contributed by atoms with Gasteiger partial charge in [-0.25, -0.2) is 0 Å². The van der Waals surface area contributed by atoms with Gasteiger partial charge in [0.05, 0.1) is 19.4 Å². The van der Waals surface area contributed by atoms with Crippen molar-refractivity contribution in [3.63, 3.8) is 0 Å². The fourth-order valence-electron chi connectivity index (χ4n) is 1.85. The highest BCUT2D eigenvalue weighted by atomic mass is 28.3. The van der Waals surface area contributed by atoms with Crippen LogP contribution in [0.5, 0.6) is 0 Å². The standard InChI is InChI=1S/C8H18O2Si/c1-11(2,3)8(10)6-4-5-7(8)9/h7,9-10H,4-6H2,1-3H3/t7-,8-/m1/s1. The molecule has 0 saturated heterocycles. The molecule has 0 radical (unpaired) electrons. The first-order valence-electron chi connectivity index (χ1n) is 4.28. The van der Waals surface area contributed by atoms with Gasteiger partial charge in [-0.15, -0.1) is 0 Å². The number of aliphatic hydroxyl groups is 2. The van der Waals surface area contributed by atoms with Crippen molar-refractivity contribution in [2.45, 2.75) is 50.2 Å². The van der Waals surface area contributed by atoms with Gasteiger partial charge < -0.3 is 10.2 Å². The Morgan fingerprint density at radius 1 is 1.36 bits per heavy atom. The summed E-state index contributed by atoms with van der Waals surface area (Å²) in [4.78, 5) is 0. The van der Waals surface area contributed by atoms with Crippen LogP contribution in [0.15, 0.2) is 0 Å². The molecule has 1 saturated carbocycles. The molecule has 2 atom stereocenters. The van der Waals surface area contributed by atoms with Crippen molar-refractivity contribution in [3.05, 3.63) is 0 Å². The van der Waals surface area contributed by atoms with Crippen LogP contribution in [0.3, 0.4) is 0 Å². The first-order valence-corrected chi connectivity index (χ1v) is 7.78. The summed E-state index contributed by atoms with van der Waals surface area (Å²) >= 11 is 0. The van der Waals surface area contributed by atoms with Gasteiger partial charge in [-0.3, -0.25) is 0 Å². The maximum atomic E-state index is 10.1. The molecule has 3 heteroatoms. The van der Waals surface area contributed by atoms with Gasteiger partial charge in [-0.2, -0.15) is 0 Å². The third-order valence-electron chi connectivity index (χ3n) is 2.89. The Labute approximate surface area is 69.3 Å². The first-order chi connectivity index (χ1) is 4.88. The van der Waals surface area contributed by atoms with E-state index in [1.165, 1.54) is 0 Å². The molecule has 0 unspecified atom stereocenters. The fourth-order valence-corrected chi connectivity index (χ4v) is 3.92. The van der Waals surface area contributed by atoms with E-state index in [0.717, 1.165) is 19.3 Å². The highest BCUT2D eigenvalue weighted by molar-refractivity contribution is 6.79. The van der Waals surface area contributed by atoms with Crippen LogP contribution in [0.4, 0.5) is 0 Å². The van der Waals surface area contributed by atoms with E-state index in [4.69, 9.17) is 0 Å². The Morgan fingerprint density at radius 2 is 1.91 bits per heavy atom. The maximum Gasteiger partial charge on any atom is 0.0854 e. The molecule has 2 N–H and O–H groups in total. The largest absolute Gasteiger partial charge is 0.391 e. The van der Waals surface area contributed by atoms with Gasteiger partial charge in [-0.05, 0) is 19.3 Å². The third-order valence-corrected chi connectivity index (χ3v) is 6.07. The Bertz CT molecular complexity index is 153. The second kappa shape index (κ2) is 2.57. The van der Waals surface area contributed by atoms with Gasteiger partial charge >= 0.3 is 0 Å². The Morgan fingerprint density at radius 3 is 2.09 bits per heavy atom. The number of rotatable bonds is 1. The summed E-state index contributed by atoms with van der Waals surface area (Å²) in [6.45, 7) is 6.34. The summed E-state index contributed by atoms with van der Waals surface area (Å²) in [6, 6.07) is 0. The lowest BCUT2D eigenvalue weighted by Crippen LogP contribution is -2.57. The second-order valence-corrected chi connectivity index (χ2v) is 9.95. The first kappa shape index (κ1) is 9.23. The fraction of sp³-hybridized carbons (Fsp3) is 1.00. The average molecular weight is 174 g/mol. The molecule has 11 heavy (non-hydrogen) atoms. The molecule has 0 aromatic rings. The van der Waals surface area contributed by atoms with Crippen LogP contribution in [0.1, 0.15) is 19.3 Å². The molecule has 1 aliphatic carbocycles.